The third-order valence-corrected chi connectivity index (χ3v) is 7.16. The van der Waals surface area contributed by atoms with Gasteiger partial charge in [-0.1, -0.05) is 44.0 Å². The van der Waals surface area contributed by atoms with Crippen LogP contribution in [0.2, 0.25) is 0 Å². The van der Waals surface area contributed by atoms with E-state index in [1.54, 1.807) is 0 Å². The van der Waals surface area contributed by atoms with Crippen molar-refractivity contribution in [1.82, 2.24) is 0 Å². The quantitative estimate of drug-likeness (QED) is 0.372. The number of nitrogens with zero attached hydrogens (tertiary/aromatic N) is 1. The molecule has 5 rings (SSSR count). The van der Waals surface area contributed by atoms with Gasteiger partial charge in [-0.25, -0.2) is 9.98 Å². The summed E-state index contributed by atoms with van der Waals surface area (Å²) < 4.78 is 2.13. The molecule has 0 amide bonds. The van der Waals surface area contributed by atoms with E-state index in [1.165, 1.54) is 0 Å². The Morgan fingerprint density at radius 1 is 1.23 bits per heavy atom. The van der Waals surface area contributed by atoms with Gasteiger partial charge >= 0.3 is 0 Å². The summed E-state index contributed by atoms with van der Waals surface area (Å²) in [6, 6.07) is 0. The van der Waals surface area contributed by atoms with E-state index in [0.29, 0.717) is 20.3 Å². The molecule has 132 valence electrons. The fourth-order valence-electron chi connectivity index (χ4n) is 4.06. The summed E-state index contributed by atoms with van der Waals surface area (Å²) in [7, 11) is 0. The summed E-state index contributed by atoms with van der Waals surface area (Å²) >= 11 is 10.5. The van der Waals surface area contributed by atoms with Gasteiger partial charge in [0.05, 0.1) is 21.9 Å². The SMILES string of the molecule is Oc1c2c(c3c4c1N=C(Br)C=4CC[NH+]=3)C1(C=CN2)C=C(Br)C(O)C(Br)=C1. The molecule has 0 fully saturated rings. The number of hydrogen-bond donors (Lipinski definition) is 4. The zero-order valence-electron chi connectivity index (χ0n) is 13.3. The molecule has 4 aliphatic rings. The van der Waals surface area contributed by atoms with E-state index in [9.17, 15) is 10.2 Å². The minimum Gasteiger partial charge on any atom is -0.504 e. The Balaban J connectivity index is 1.95. The molecule has 1 aromatic rings. The predicted octanol–water partition coefficient (Wildman–Crippen LogP) is 1.19. The summed E-state index contributed by atoms with van der Waals surface area (Å²) in [6.07, 6.45) is 7.90. The van der Waals surface area contributed by atoms with Crippen molar-refractivity contribution in [3.05, 3.63) is 49.5 Å². The Hall–Kier alpha value is -1.22. The van der Waals surface area contributed by atoms with E-state index in [1.807, 2.05) is 24.4 Å². The molecule has 1 aromatic carbocycles. The van der Waals surface area contributed by atoms with Crippen LogP contribution in [0.3, 0.4) is 0 Å². The average molecular weight is 543 g/mol. The second-order valence-electron chi connectivity index (χ2n) is 6.63. The molecule has 3 heterocycles. The van der Waals surface area contributed by atoms with Gasteiger partial charge in [-0.2, -0.15) is 0 Å². The number of allylic oxidation sites excluding steroid dienone is 3. The topological polar surface area (TPSA) is 78.8 Å². The van der Waals surface area contributed by atoms with Gasteiger partial charge in [0.2, 0.25) is 5.36 Å². The lowest BCUT2D eigenvalue weighted by molar-refractivity contribution is -0.501. The first kappa shape index (κ1) is 16.9. The molecular formula is C18H13Br3N3O2+. The minimum atomic E-state index is -0.723. The largest absolute Gasteiger partial charge is 0.504 e. The normalized spacial score (nSPS) is 27.9. The second kappa shape index (κ2) is 5.64. The molecule has 0 aromatic heterocycles. The average Bonchev–Trinajstić information content (AvgIpc) is 2.96. The van der Waals surface area contributed by atoms with Crippen LogP contribution in [0.15, 0.2) is 38.4 Å². The van der Waals surface area contributed by atoms with Crippen LogP contribution in [0.25, 0.3) is 5.57 Å². The fourth-order valence-corrected chi connectivity index (χ4v) is 6.19. The number of rotatable bonds is 0. The van der Waals surface area contributed by atoms with Crippen molar-refractivity contribution in [2.24, 2.45) is 4.99 Å². The van der Waals surface area contributed by atoms with Crippen LogP contribution >= 0.6 is 47.8 Å². The smallest absolute Gasteiger partial charge is 0.215 e. The Morgan fingerprint density at radius 2 is 1.96 bits per heavy atom. The van der Waals surface area contributed by atoms with Crippen molar-refractivity contribution in [2.45, 2.75) is 17.9 Å². The van der Waals surface area contributed by atoms with Crippen LogP contribution in [0.5, 0.6) is 5.75 Å². The molecular weight excluding hydrogens is 530 g/mol. The van der Waals surface area contributed by atoms with Crippen molar-refractivity contribution in [2.75, 3.05) is 11.9 Å². The lowest BCUT2D eigenvalue weighted by Crippen LogP contribution is -2.83. The molecule has 1 aliphatic carbocycles. The Labute approximate surface area is 174 Å². The zero-order chi connectivity index (χ0) is 18.2. The van der Waals surface area contributed by atoms with Crippen molar-refractivity contribution in [3.63, 3.8) is 0 Å². The first-order valence-corrected chi connectivity index (χ1v) is 10.5. The van der Waals surface area contributed by atoms with Crippen LogP contribution in [-0.2, 0) is 5.41 Å². The van der Waals surface area contributed by atoms with Gasteiger partial charge in [0.15, 0.2) is 5.75 Å². The van der Waals surface area contributed by atoms with Gasteiger partial charge in [0.25, 0.3) is 0 Å². The highest BCUT2D eigenvalue weighted by Crippen LogP contribution is 2.47. The predicted molar refractivity (Wildman–Crippen MR) is 111 cm³/mol. The number of hydrogen-bond acceptors (Lipinski definition) is 4. The molecule has 0 unspecified atom stereocenters. The second-order valence-corrected chi connectivity index (χ2v) is 9.21. The first-order valence-electron chi connectivity index (χ1n) is 8.10. The Bertz CT molecular complexity index is 1110. The first-order chi connectivity index (χ1) is 12.4. The molecule has 0 radical (unpaired) electrons. The van der Waals surface area contributed by atoms with Crippen molar-refractivity contribution < 1.29 is 15.2 Å². The number of phenolic OH excluding ortho intramolecular Hbond substituents is 1. The van der Waals surface area contributed by atoms with Crippen molar-refractivity contribution in [1.29, 1.82) is 0 Å². The number of benzene rings is 1. The lowest BCUT2D eigenvalue weighted by Gasteiger charge is -2.34. The molecule has 0 atom stereocenters. The van der Waals surface area contributed by atoms with Gasteiger partial charge in [-0.05, 0) is 28.2 Å². The van der Waals surface area contributed by atoms with Crippen molar-refractivity contribution >= 4 is 69.4 Å². The van der Waals surface area contributed by atoms with E-state index in [0.717, 1.165) is 39.3 Å². The molecule has 4 N–H and O–H groups in total. The highest BCUT2D eigenvalue weighted by molar-refractivity contribution is 9.18. The molecule has 1 spiro atoms. The number of anilines is 1. The summed E-state index contributed by atoms with van der Waals surface area (Å²) in [6.45, 7) is 0.793. The summed E-state index contributed by atoms with van der Waals surface area (Å²) in [5.41, 5.74) is 2.65. The molecule has 26 heavy (non-hydrogen) atoms. The summed E-state index contributed by atoms with van der Waals surface area (Å²) in [5, 5.41) is 26.3. The number of aliphatic imine (C=N–C) groups is 1. The van der Waals surface area contributed by atoms with Crippen LogP contribution < -0.4 is 20.9 Å². The monoisotopic (exact) mass is 540 g/mol. The van der Waals surface area contributed by atoms with Gasteiger partial charge in [0, 0.05) is 21.0 Å². The standard InChI is InChI=1S/C18H12Br3N3O2/c19-8-5-18(6-9(20)15(8)25)2-4-23-14-11(18)12-10-7(1-3-22-12)17(21)24-13(10)16(14)26/h2,4-6,15,23,25-26H,1,3H2/p+1. The fraction of sp³-hybridized carbons (Fsp3) is 0.222. The van der Waals surface area contributed by atoms with E-state index in [4.69, 9.17) is 0 Å². The molecule has 5 nitrogen and oxygen atoms in total. The maximum absolute atomic E-state index is 11.0. The van der Waals surface area contributed by atoms with Gasteiger partial charge in [0.1, 0.15) is 23.0 Å². The number of fused-ring (bicyclic) bond motifs is 3. The number of phenols is 1. The lowest BCUT2D eigenvalue weighted by atomic mass is 9.74. The highest BCUT2D eigenvalue weighted by atomic mass is 79.9. The Morgan fingerprint density at radius 3 is 2.69 bits per heavy atom. The van der Waals surface area contributed by atoms with Gasteiger partial charge in [-0.3, -0.25) is 0 Å². The highest BCUT2D eigenvalue weighted by Gasteiger charge is 2.42. The van der Waals surface area contributed by atoms with E-state index < -0.39 is 11.5 Å². The molecule has 8 heteroatoms. The van der Waals surface area contributed by atoms with Crippen LogP contribution in [0.4, 0.5) is 11.4 Å². The van der Waals surface area contributed by atoms with Crippen LogP contribution in [0, 0.1) is 0 Å². The van der Waals surface area contributed by atoms with Crippen LogP contribution in [-0.4, -0.2) is 27.5 Å². The Kier molecular flexibility index (Phi) is 3.67. The molecule has 0 saturated carbocycles. The summed E-state index contributed by atoms with van der Waals surface area (Å²) in [5.74, 6) is 0.137. The van der Waals surface area contributed by atoms with Crippen molar-refractivity contribution in [3.8, 4) is 5.75 Å². The molecule has 3 aliphatic heterocycles. The third kappa shape index (κ3) is 2.10. The number of nitrogens with one attached hydrogen (secondary N) is 2. The molecule has 0 saturated heterocycles. The maximum atomic E-state index is 11.0. The third-order valence-electron chi connectivity index (χ3n) is 5.18. The van der Waals surface area contributed by atoms with Gasteiger partial charge < -0.3 is 15.5 Å². The maximum Gasteiger partial charge on any atom is 0.215 e. The number of halogens is 3. The molecule has 0 bridgehead atoms. The van der Waals surface area contributed by atoms with Gasteiger partial charge in [-0.15, -0.1) is 0 Å². The number of aromatic hydroxyl groups is 1. The number of aliphatic hydroxyl groups is 1. The zero-order valence-corrected chi connectivity index (χ0v) is 18.0. The van der Waals surface area contributed by atoms with E-state index in [2.05, 4.69) is 63.1 Å². The van der Waals surface area contributed by atoms with Crippen LogP contribution in [0.1, 0.15) is 12.0 Å². The van der Waals surface area contributed by atoms with E-state index in [-0.39, 0.29) is 5.75 Å². The minimum absolute atomic E-state index is 0.137. The van der Waals surface area contributed by atoms with E-state index >= 15 is 0 Å². The summed E-state index contributed by atoms with van der Waals surface area (Å²) in [4.78, 5) is 8.05. The number of aliphatic hydroxyl groups excluding tert-OH is 1.